The van der Waals surface area contributed by atoms with Gasteiger partial charge < -0.3 is 86.9 Å². The Bertz CT molecular complexity index is 3080. The van der Waals surface area contributed by atoms with Crippen molar-refractivity contribution in [3.63, 3.8) is 0 Å². The maximum absolute atomic E-state index is 14.5. The van der Waals surface area contributed by atoms with Crippen LogP contribution in [0.1, 0.15) is 88.7 Å². The molecular weight excluding hydrogens is 1140 g/mol. The molecule has 0 aromatic heterocycles. The highest BCUT2D eigenvalue weighted by molar-refractivity contribution is 7.66. The Kier molecular flexibility index (Phi) is 22.4. The number of fused-ring (bicyclic) bond motifs is 2. The number of hydrogen-bond acceptors (Lipinski definition) is 17. The Balaban J connectivity index is 1.18. The number of aliphatic hydroxyl groups excluding tert-OH is 8. The smallest absolute Gasteiger partial charge is 0.251 e. The third-order valence-corrected chi connectivity index (χ3v) is 17.8. The molecule has 7 rings (SSSR count). The Hall–Kier alpha value is -7.16. The first kappa shape index (κ1) is 66.4. The van der Waals surface area contributed by atoms with Crippen molar-refractivity contribution in [3.8, 4) is 28.0 Å². The van der Waals surface area contributed by atoms with Gasteiger partial charge in [0.1, 0.15) is 60.3 Å². The highest BCUT2D eigenvalue weighted by atomic mass is 31.2. The minimum absolute atomic E-state index is 0.000490. The zero-order chi connectivity index (χ0) is 62.9. The molecular formula is C60H78N7O18P. The summed E-state index contributed by atoms with van der Waals surface area (Å²) in [5.74, 6) is -8.61. The average molecular weight is 1220 g/mol. The quantitative estimate of drug-likeness (QED) is 0.0486. The summed E-state index contributed by atoms with van der Waals surface area (Å²) >= 11 is 0. The van der Waals surface area contributed by atoms with E-state index in [0.29, 0.717) is 12.2 Å². The number of ether oxygens (including phenoxy) is 1. The number of nitrogens with zero attached hydrogens (tertiary/aromatic N) is 2. The minimum Gasteiger partial charge on any atom is -0.494 e. The SMILES string of the molecule is CCCCCOc1ccc(-c2ccc(-c3ccc(C(=O)N[C@H]4C[C@@H](O)[C@@H](O)NC(=O)[C@@H]5[C@@H](O)[C@@H](C)CN5C(=O)[C@H]([C@@H](C)O)NC(=O)[C@H]([C@H](O)[C@@H](O)c5ccc(P(=O)(O)CC)cc5)NC(=O)[C@@H]5C[C@@H](O)CN5C(=O)[C@H]([C@@H](C)O)NC4=O)cc3)cc2)cc1. The van der Waals surface area contributed by atoms with Gasteiger partial charge in [-0.15, -0.1) is 0 Å². The van der Waals surface area contributed by atoms with Crippen LogP contribution in [0.5, 0.6) is 5.75 Å². The van der Waals surface area contributed by atoms with E-state index < -0.39 is 166 Å². The molecule has 466 valence electrons. The monoisotopic (exact) mass is 1220 g/mol. The standard InChI is InChI=1S/C60H78N7O18P/c1-6-8-9-26-85-41-22-18-37(19-23-41)35-12-10-34(11-13-35)36-14-16-39(17-15-36)53(75)61-43-28-45(71)56(78)65-58(80)49-50(72)31(3)29-67(49)60(82)47(33(5)69)63-57(79)48(52(74)51(73)38-20-24-42(25-21-38)86(83,84)7-2)64-55(77)44-27-40(70)30-66(44)59(81)46(32(4)68)62-54(43)76/h10-25,31-33,40,43-52,56,68-74,78H,6-9,26-30H2,1-5H3,(H,61,75)(H,62,76)(H,63,79)(H,64,77)(H,65,80)(H,83,84)/t31-,32+,33+,40+,43-,44-,45+,46-,47-,48-,49-,50-,51-,52-,56+/m0/s1. The van der Waals surface area contributed by atoms with Crippen LogP contribution >= 0.6 is 7.37 Å². The predicted molar refractivity (Wildman–Crippen MR) is 312 cm³/mol. The number of unbranched alkanes of at least 4 members (excludes halogenated alkanes) is 2. The number of amides is 7. The van der Waals surface area contributed by atoms with Crippen molar-refractivity contribution < 1.29 is 88.6 Å². The van der Waals surface area contributed by atoms with E-state index in [9.17, 15) is 83.9 Å². The van der Waals surface area contributed by atoms with Gasteiger partial charge in [0, 0.05) is 48.9 Å². The van der Waals surface area contributed by atoms with Crippen molar-refractivity contribution in [3.05, 3.63) is 108 Å². The van der Waals surface area contributed by atoms with Crippen molar-refractivity contribution in [1.29, 1.82) is 0 Å². The zero-order valence-electron chi connectivity index (χ0n) is 48.3. The van der Waals surface area contributed by atoms with E-state index in [2.05, 4.69) is 33.5 Å². The molecule has 3 fully saturated rings. The van der Waals surface area contributed by atoms with Crippen molar-refractivity contribution >= 4 is 54.0 Å². The Morgan fingerprint density at radius 2 is 1.17 bits per heavy atom. The minimum atomic E-state index is -3.82. The summed E-state index contributed by atoms with van der Waals surface area (Å²) in [5, 5.41) is 102. The molecule has 3 aliphatic rings. The maximum Gasteiger partial charge on any atom is 0.251 e. The summed E-state index contributed by atoms with van der Waals surface area (Å²) in [5.41, 5.74) is 3.28. The van der Waals surface area contributed by atoms with Crippen molar-refractivity contribution in [2.24, 2.45) is 5.92 Å². The molecule has 86 heavy (non-hydrogen) atoms. The number of rotatable bonds is 16. The second kappa shape index (κ2) is 29.0. The first-order valence-electron chi connectivity index (χ1n) is 28.7. The van der Waals surface area contributed by atoms with Crippen LogP contribution in [0.4, 0.5) is 0 Å². The Labute approximate surface area is 497 Å². The topological polar surface area (TPSA) is 394 Å². The van der Waals surface area contributed by atoms with Crippen molar-refractivity contribution in [1.82, 2.24) is 36.4 Å². The molecule has 3 saturated heterocycles. The predicted octanol–water partition coefficient (Wildman–Crippen LogP) is -0.717. The second-order valence-corrected chi connectivity index (χ2v) is 24.9. The number of hydrogen-bond donors (Lipinski definition) is 14. The van der Waals surface area contributed by atoms with Crippen LogP contribution in [-0.4, -0.2) is 202 Å². The summed E-state index contributed by atoms with van der Waals surface area (Å²) in [6.07, 6.45) is -14.1. The zero-order valence-corrected chi connectivity index (χ0v) is 49.2. The summed E-state index contributed by atoms with van der Waals surface area (Å²) in [6.45, 7) is 6.87. The van der Waals surface area contributed by atoms with E-state index in [1.165, 1.54) is 50.2 Å². The van der Waals surface area contributed by atoms with E-state index >= 15 is 0 Å². The molecule has 4 aromatic carbocycles. The summed E-state index contributed by atoms with van der Waals surface area (Å²) < 4.78 is 18.5. The lowest BCUT2D eigenvalue weighted by molar-refractivity contribution is -0.148. The second-order valence-electron chi connectivity index (χ2n) is 22.3. The van der Waals surface area contributed by atoms with Gasteiger partial charge in [-0.25, -0.2) is 0 Å². The molecule has 16 atom stereocenters. The summed E-state index contributed by atoms with van der Waals surface area (Å²) in [4.78, 5) is 113. The molecule has 0 saturated carbocycles. The number of carbonyl (C=O) groups excluding carboxylic acids is 7. The molecule has 26 heteroatoms. The van der Waals surface area contributed by atoms with E-state index in [1.54, 1.807) is 12.1 Å². The average Bonchev–Trinajstić information content (AvgIpc) is 2.72. The van der Waals surface area contributed by atoms with Crippen LogP contribution in [0.2, 0.25) is 0 Å². The molecule has 7 amide bonds. The van der Waals surface area contributed by atoms with Crippen LogP contribution in [0, 0.1) is 5.92 Å². The maximum atomic E-state index is 14.5. The lowest BCUT2D eigenvalue weighted by Gasteiger charge is -2.34. The van der Waals surface area contributed by atoms with Crippen LogP contribution < -0.4 is 36.6 Å². The number of aliphatic hydroxyl groups is 8. The van der Waals surface area contributed by atoms with Gasteiger partial charge in [-0.3, -0.25) is 38.1 Å². The number of benzene rings is 4. The fourth-order valence-electron chi connectivity index (χ4n) is 10.6. The van der Waals surface area contributed by atoms with Crippen LogP contribution in [0.3, 0.4) is 0 Å². The molecule has 0 spiro atoms. The molecule has 0 radical (unpaired) electrons. The first-order valence-corrected chi connectivity index (χ1v) is 30.5. The fourth-order valence-corrected chi connectivity index (χ4v) is 11.6. The van der Waals surface area contributed by atoms with Gasteiger partial charge in [0.15, 0.2) is 6.23 Å². The molecule has 4 aromatic rings. The third-order valence-electron chi connectivity index (χ3n) is 15.9. The Morgan fingerprint density at radius 3 is 1.72 bits per heavy atom. The van der Waals surface area contributed by atoms with Gasteiger partial charge >= 0.3 is 0 Å². The van der Waals surface area contributed by atoms with Gasteiger partial charge in [-0.05, 0) is 84.5 Å². The van der Waals surface area contributed by atoms with E-state index in [-0.39, 0.29) is 22.6 Å². The molecule has 3 aliphatic heterocycles. The Morgan fingerprint density at radius 1 is 0.651 bits per heavy atom. The number of nitrogens with one attached hydrogen (secondary N) is 5. The highest BCUT2D eigenvalue weighted by Crippen LogP contribution is 2.39. The fraction of sp³-hybridized carbons (Fsp3) is 0.483. The number of carbonyl (C=O) groups is 7. The largest absolute Gasteiger partial charge is 0.494 e. The normalized spacial score (nSPS) is 27.6. The molecule has 0 bridgehead atoms. The van der Waals surface area contributed by atoms with Gasteiger partial charge in [0.05, 0.1) is 31.0 Å². The summed E-state index contributed by atoms with van der Waals surface area (Å²) in [7, 11) is -3.82. The van der Waals surface area contributed by atoms with Gasteiger partial charge in [-0.2, -0.15) is 0 Å². The lowest BCUT2D eigenvalue weighted by Crippen LogP contribution is -2.64. The van der Waals surface area contributed by atoms with E-state index in [0.717, 1.165) is 65.3 Å². The van der Waals surface area contributed by atoms with Crippen molar-refractivity contribution in [2.75, 3.05) is 25.9 Å². The highest BCUT2D eigenvalue weighted by Gasteiger charge is 2.50. The van der Waals surface area contributed by atoms with Crippen LogP contribution in [-0.2, 0) is 33.3 Å². The van der Waals surface area contributed by atoms with Gasteiger partial charge in [-0.1, -0.05) is 94.3 Å². The van der Waals surface area contributed by atoms with Crippen LogP contribution in [0.15, 0.2) is 97.1 Å². The first-order chi connectivity index (χ1) is 40.7. The third kappa shape index (κ3) is 15.7. The lowest BCUT2D eigenvalue weighted by atomic mass is 9.97. The van der Waals surface area contributed by atoms with Gasteiger partial charge in [0.2, 0.25) is 42.8 Å². The van der Waals surface area contributed by atoms with E-state index in [1.807, 2.05) is 48.5 Å². The molecule has 1 unspecified atom stereocenters. The molecule has 25 nitrogen and oxygen atoms in total. The molecule has 3 heterocycles. The summed E-state index contributed by atoms with van der Waals surface area (Å²) in [6, 6.07) is 14.6. The van der Waals surface area contributed by atoms with Crippen LogP contribution in [0.25, 0.3) is 22.3 Å². The van der Waals surface area contributed by atoms with E-state index in [4.69, 9.17) is 4.74 Å². The van der Waals surface area contributed by atoms with Crippen molar-refractivity contribution in [2.45, 2.75) is 152 Å². The van der Waals surface area contributed by atoms with Gasteiger partial charge in [0.25, 0.3) is 5.91 Å². The molecule has 14 N–H and O–H groups in total. The molecule has 0 aliphatic carbocycles.